The van der Waals surface area contributed by atoms with Crippen molar-refractivity contribution in [3.05, 3.63) is 109 Å². The number of furan rings is 1. The van der Waals surface area contributed by atoms with Crippen LogP contribution < -0.4 is 4.57 Å². The number of nitrogens with zero attached hydrogens (tertiary/aromatic N) is 2. The molecule has 4 aromatic carbocycles. The highest BCUT2D eigenvalue weighted by atomic mass is 19.1. The van der Waals surface area contributed by atoms with Crippen molar-refractivity contribution in [3.63, 3.8) is 0 Å². The maximum Gasteiger partial charge on any atom is 0.286 e. The molecule has 2 heterocycles. The highest BCUT2D eigenvalue weighted by Gasteiger charge is 2.22. The maximum absolute atomic E-state index is 15.4. The molecule has 3 nitrogen and oxygen atoms in total. The van der Waals surface area contributed by atoms with Gasteiger partial charge in [0, 0.05) is 16.8 Å². The van der Waals surface area contributed by atoms with Gasteiger partial charge in [-0.3, -0.25) is 0 Å². The minimum absolute atomic E-state index is 0.301. The van der Waals surface area contributed by atoms with Gasteiger partial charge < -0.3 is 4.42 Å². The van der Waals surface area contributed by atoms with E-state index in [9.17, 15) is 0 Å². The third kappa shape index (κ3) is 3.19. The molecular weight excluding hydrogens is 423 g/mol. The molecule has 0 atom stereocenters. The Morgan fingerprint density at radius 3 is 2.24 bits per heavy atom. The number of aromatic nitrogens is 2. The molecule has 0 aliphatic rings. The largest absolute Gasteiger partial charge is 0.454 e. The Hall–Kier alpha value is -4.31. The van der Waals surface area contributed by atoms with Crippen LogP contribution in [0.5, 0.6) is 0 Å². The number of fused-ring (bicyclic) bond motifs is 3. The number of hydrogen-bond acceptors (Lipinski definition) is 2. The molecule has 0 aliphatic heterocycles. The fourth-order valence-corrected chi connectivity index (χ4v) is 4.74. The summed E-state index contributed by atoms with van der Waals surface area (Å²) < 4.78 is 23.8. The molecule has 0 N–H and O–H groups in total. The summed E-state index contributed by atoms with van der Waals surface area (Å²) in [6, 6.07) is 27.5. The summed E-state index contributed by atoms with van der Waals surface area (Å²) in [7, 11) is 1.96. The summed E-state index contributed by atoms with van der Waals surface area (Å²) in [5.41, 5.74) is 7.77. The van der Waals surface area contributed by atoms with E-state index in [1.54, 1.807) is 12.5 Å². The summed E-state index contributed by atoms with van der Waals surface area (Å²) in [6.07, 6.45) is 3.55. The Kier molecular flexibility index (Phi) is 4.73. The van der Waals surface area contributed by atoms with Gasteiger partial charge in [-0.25, -0.2) is 8.96 Å². The van der Waals surface area contributed by atoms with Crippen molar-refractivity contribution >= 4 is 21.9 Å². The van der Waals surface area contributed by atoms with Crippen molar-refractivity contribution < 1.29 is 13.4 Å². The second-order valence-electron chi connectivity index (χ2n) is 8.56. The molecule has 164 valence electrons. The monoisotopic (exact) mass is 445 g/mol. The molecular formula is C30H22FN2O+. The van der Waals surface area contributed by atoms with Crippen LogP contribution in [0.3, 0.4) is 0 Å². The van der Waals surface area contributed by atoms with Gasteiger partial charge in [-0.05, 0) is 47.4 Å². The second kappa shape index (κ2) is 7.92. The average Bonchev–Trinajstić information content (AvgIpc) is 3.23. The standard InChI is InChI=1S/C30H22FN2O/c1-19-11-12-23-24-13-14-25(31)28(22-10-6-9-21(17-22)20-7-4-3-5-8-20)30(24)34-29(23)27(19)26-15-16-32-18-33(26)2/h3-18H,1-2H3/q+1. The number of aryl methyl sites for hydroxylation is 2. The normalized spacial score (nSPS) is 11.4. The van der Waals surface area contributed by atoms with E-state index in [0.29, 0.717) is 11.1 Å². The molecule has 0 saturated carbocycles. The van der Waals surface area contributed by atoms with Crippen molar-refractivity contribution in [2.45, 2.75) is 6.92 Å². The van der Waals surface area contributed by atoms with Crippen LogP contribution in [0.4, 0.5) is 4.39 Å². The zero-order chi connectivity index (χ0) is 23.2. The van der Waals surface area contributed by atoms with Crippen LogP contribution in [-0.4, -0.2) is 4.98 Å². The molecule has 0 radical (unpaired) electrons. The molecule has 0 saturated heterocycles. The summed E-state index contributed by atoms with van der Waals surface area (Å²) >= 11 is 0. The number of halogens is 1. The third-order valence-electron chi connectivity index (χ3n) is 6.42. The summed E-state index contributed by atoms with van der Waals surface area (Å²) in [4.78, 5) is 4.20. The van der Waals surface area contributed by atoms with Gasteiger partial charge >= 0.3 is 0 Å². The first-order valence-electron chi connectivity index (χ1n) is 11.2. The lowest BCUT2D eigenvalue weighted by atomic mass is 9.96. The van der Waals surface area contributed by atoms with Crippen molar-refractivity contribution in [3.8, 4) is 33.5 Å². The van der Waals surface area contributed by atoms with E-state index < -0.39 is 0 Å². The van der Waals surface area contributed by atoms with Crippen molar-refractivity contribution in [2.24, 2.45) is 7.05 Å². The second-order valence-corrected chi connectivity index (χ2v) is 8.56. The van der Waals surface area contributed by atoms with Crippen molar-refractivity contribution in [2.75, 3.05) is 0 Å². The molecule has 6 aromatic rings. The molecule has 0 amide bonds. The zero-order valence-corrected chi connectivity index (χ0v) is 18.9. The molecule has 0 aliphatic carbocycles. The lowest BCUT2D eigenvalue weighted by Crippen LogP contribution is -2.31. The van der Waals surface area contributed by atoms with E-state index in [0.717, 1.165) is 49.9 Å². The minimum Gasteiger partial charge on any atom is -0.454 e. The molecule has 0 unspecified atom stereocenters. The molecule has 2 aromatic heterocycles. The molecule has 0 bridgehead atoms. The quantitative estimate of drug-likeness (QED) is 0.269. The molecule has 0 spiro atoms. The number of benzene rings is 4. The van der Waals surface area contributed by atoms with Gasteiger partial charge in [0.2, 0.25) is 0 Å². The Morgan fingerprint density at radius 1 is 0.735 bits per heavy atom. The highest BCUT2D eigenvalue weighted by Crippen LogP contribution is 2.42. The van der Waals surface area contributed by atoms with Gasteiger partial charge in [-0.1, -0.05) is 65.6 Å². The SMILES string of the molecule is Cc1ccc2c(oc3c(-c4cccc(-c5ccccc5)c4)c(F)ccc32)c1-c1ccnc[n+]1C. The predicted octanol–water partition coefficient (Wildman–Crippen LogP) is 7.25. The first-order chi connectivity index (χ1) is 16.6. The van der Waals surface area contributed by atoms with E-state index in [1.165, 1.54) is 6.07 Å². The average molecular weight is 446 g/mol. The Balaban J connectivity index is 1.64. The van der Waals surface area contributed by atoms with Crippen LogP contribution in [0.1, 0.15) is 5.56 Å². The fraction of sp³-hybridized carbons (Fsp3) is 0.0667. The molecule has 34 heavy (non-hydrogen) atoms. The lowest BCUT2D eigenvalue weighted by molar-refractivity contribution is -0.663. The van der Waals surface area contributed by atoms with Gasteiger partial charge in [0.25, 0.3) is 6.33 Å². The van der Waals surface area contributed by atoms with E-state index in [4.69, 9.17) is 4.42 Å². The number of rotatable bonds is 3. The smallest absolute Gasteiger partial charge is 0.286 e. The van der Waals surface area contributed by atoms with Crippen LogP contribution in [0, 0.1) is 12.7 Å². The van der Waals surface area contributed by atoms with Crippen molar-refractivity contribution in [1.82, 2.24) is 4.98 Å². The van der Waals surface area contributed by atoms with E-state index in [2.05, 4.69) is 36.2 Å². The minimum atomic E-state index is -0.301. The van der Waals surface area contributed by atoms with Crippen LogP contribution in [0.15, 0.2) is 102 Å². The Labute approximate surface area is 196 Å². The van der Waals surface area contributed by atoms with Crippen LogP contribution in [0.25, 0.3) is 55.4 Å². The van der Waals surface area contributed by atoms with Crippen LogP contribution >= 0.6 is 0 Å². The maximum atomic E-state index is 15.4. The lowest BCUT2D eigenvalue weighted by Gasteiger charge is -2.08. The first kappa shape index (κ1) is 20.3. The fourth-order valence-electron chi connectivity index (χ4n) is 4.74. The number of hydrogen-bond donors (Lipinski definition) is 0. The van der Waals surface area contributed by atoms with Gasteiger partial charge in [0.1, 0.15) is 28.9 Å². The van der Waals surface area contributed by atoms with Gasteiger partial charge in [0.15, 0.2) is 0 Å². The van der Waals surface area contributed by atoms with E-state index in [-0.39, 0.29) is 5.82 Å². The van der Waals surface area contributed by atoms with Gasteiger partial charge in [-0.15, -0.1) is 0 Å². The van der Waals surface area contributed by atoms with Crippen LogP contribution in [0.2, 0.25) is 0 Å². The van der Waals surface area contributed by atoms with Gasteiger partial charge in [-0.2, -0.15) is 0 Å². The summed E-state index contributed by atoms with van der Waals surface area (Å²) in [5, 5.41) is 1.86. The predicted molar refractivity (Wildman–Crippen MR) is 134 cm³/mol. The van der Waals surface area contributed by atoms with Gasteiger partial charge in [0.05, 0.1) is 18.2 Å². The summed E-state index contributed by atoms with van der Waals surface area (Å²) in [5.74, 6) is -0.301. The Morgan fingerprint density at radius 2 is 1.44 bits per heavy atom. The first-order valence-corrected chi connectivity index (χ1v) is 11.2. The van der Waals surface area contributed by atoms with Crippen LogP contribution in [-0.2, 0) is 7.05 Å². The molecule has 4 heteroatoms. The molecule has 0 fully saturated rings. The molecule has 6 rings (SSSR count). The zero-order valence-electron chi connectivity index (χ0n) is 18.9. The van der Waals surface area contributed by atoms with E-state index in [1.807, 2.05) is 66.2 Å². The highest BCUT2D eigenvalue weighted by molar-refractivity contribution is 6.13. The topological polar surface area (TPSA) is 29.9 Å². The Bertz CT molecular complexity index is 1690. The van der Waals surface area contributed by atoms with E-state index >= 15 is 4.39 Å². The van der Waals surface area contributed by atoms with Crippen molar-refractivity contribution in [1.29, 1.82) is 0 Å². The summed E-state index contributed by atoms with van der Waals surface area (Å²) in [6.45, 7) is 2.06. The third-order valence-corrected chi connectivity index (χ3v) is 6.42.